The highest BCUT2D eigenvalue weighted by atomic mass is 16.6. The molecule has 1 fully saturated rings. The molecule has 0 spiro atoms. The van der Waals surface area contributed by atoms with E-state index in [2.05, 4.69) is 36.2 Å². The van der Waals surface area contributed by atoms with Crippen molar-refractivity contribution >= 4 is 12.1 Å². The quantitative estimate of drug-likeness (QED) is 0.478. The van der Waals surface area contributed by atoms with E-state index in [0.717, 1.165) is 31.7 Å². The van der Waals surface area contributed by atoms with E-state index in [1.54, 1.807) is 35.0 Å². The van der Waals surface area contributed by atoms with E-state index in [-0.39, 0.29) is 24.0 Å². The van der Waals surface area contributed by atoms with E-state index in [4.69, 9.17) is 18.9 Å². The van der Waals surface area contributed by atoms with Crippen LogP contribution in [0.25, 0.3) is 0 Å². The number of rotatable bonds is 8. The van der Waals surface area contributed by atoms with Gasteiger partial charge in [-0.1, -0.05) is 27.7 Å². The number of fused-ring (bicyclic) bond motifs is 3. The Kier molecular flexibility index (Phi) is 9.37. The minimum absolute atomic E-state index is 0.126. The van der Waals surface area contributed by atoms with Gasteiger partial charge in [0.25, 0.3) is 0 Å². The van der Waals surface area contributed by atoms with Gasteiger partial charge in [-0.15, -0.1) is 0 Å². The summed E-state index contributed by atoms with van der Waals surface area (Å²) in [5, 5.41) is 2.74. The molecule has 0 aliphatic carbocycles. The van der Waals surface area contributed by atoms with Gasteiger partial charge in [-0.3, -0.25) is 4.90 Å². The number of ether oxygens (including phenoxy) is 4. The van der Waals surface area contributed by atoms with Crippen molar-refractivity contribution in [1.29, 1.82) is 0 Å². The van der Waals surface area contributed by atoms with Gasteiger partial charge in [0, 0.05) is 31.5 Å². The lowest BCUT2D eigenvalue weighted by Gasteiger charge is -2.47. The summed E-state index contributed by atoms with van der Waals surface area (Å²) in [5.74, 6) is 1.59. The zero-order valence-electron chi connectivity index (χ0n) is 24.1. The second kappa shape index (κ2) is 11.9. The molecule has 2 heterocycles. The molecule has 208 valence electrons. The van der Waals surface area contributed by atoms with Crippen molar-refractivity contribution < 1.29 is 28.5 Å². The third kappa shape index (κ3) is 7.30. The van der Waals surface area contributed by atoms with Gasteiger partial charge >= 0.3 is 12.1 Å². The first-order valence-electron chi connectivity index (χ1n) is 13.5. The SMILES string of the molecule is COc1cc2c(cc1OC)[C@H]1C[C@@H](OC(=O)[C@@H](NC(=O)OC(C)(C)C)C(C)C)[C@H](CC(C)C)CN1CC2. The smallest absolute Gasteiger partial charge is 0.408 e. The van der Waals surface area contributed by atoms with Crippen LogP contribution >= 0.6 is 0 Å². The molecule has 0 aromatic heterocycles. The average molecular weight is 519 g/mol. The lowest BCUT2D eigenvalue weighted by Crippen LogP contribution is -2.52. The van der Waals surface area contributed by atoms with Crippen molar-refractivity contribution in [2.45, 2.75) is 91.5 Å². The van der Waals surface area contributed by atoms with Crippen LogP contribution in [0.4, 0.5) is 4.79 Å². The van der Waals surface area contributed by atoms with Gasteiger partial charge in [-0.2, -0.15) is 0 Å². The Morgan fingerprint density at radius 1 is 1.08 bits per heavy atom. The van der Waals surface area contributed by atoms with Crippen LogP contribution in [0, 0.1) is 17.8 Å². The van der Waals surface area contributed by atoms with E-state index in [1.165, 1.54) is 11.1 Å². The zero-order chi connectivity index (χ0) is 27.5. The molecule has 3 rings (SSSR count). The summed E-state index contributed by atoms with van der Waals surface area (Å²) in [7, 11) is 3.31. The molecule has 1 aromatic rings. The molecular formula is C29H46N2O6. The van der Waals surface area contributed by atoms with Crippen LogP contribution in [0.2, 0.25) is 0 Å². The second-order valence-corrected chi connectivity index (χ2v) is 12.1. The number of carbonyl (C=O) groups excluding carboxylic acids is 2. The van der Waals surface area contributed by atoms with E-state index in [9.17, 15) is 9.59 Å². The van der Waals surface area contributed by atoms with Crippen molar-refractivity contribution in [2.24, 2.45) is 17.8 Å². The Balaban J connectivity index is 1.84. The first-order valence-corrected chi connectivity index (χ1v) is 13.5. The topological polar surface area (TPSA) is 86.3 Å². The molecule has 1 aromatic carbocycles. The molecule has 2 aliphatic heterocycles. The van der Waals surface area contributed by atoms with Gasteiger partial charge in [-0.05, 0) is 68.7 Å². The van der Waals surface area contributed by atoms with Crippen molar-refractivity contribution in [3.05, 3.63) is 23.3 Å². The third-order valence-electron chi connectivity index (χ3n) is 7.20. The molecule has 0 saturated carbocycles. The van der Waals surface area contributed by atoms with Crippen molar-refractivity contribution in [3.8, 4) is 11.5 Å². The number of benzene rings is 1. The minimum atomic E-state index is -0.782. The lowest BCUT2D eigenvalue weighted by molar-refractivity contribution is -0.161. The molecule has 8 nitrogen and oxygen atoms in total. The Morgan fingerprint density at radius 2 is 1.73 bits per heavy atom. The van der Waals surface area contributed by atoms with Gasteiger partial charge in [0.2, 0.25) is 0 Å². The summed E-state index contributed by atoms with van der Waals surface area (Å²) < 4.78 is 22.8. The highest BCUT2D eigenvalue weighted by Crippen LogP contribution is 2.44. The first kappa shape index (κ1) is 29.1. The normalized spacial score (nSPS) is 22.6. The highest BCUT2D eigenvalue weighted by molar-refractivity contribution is 5.81. The Hall–Kier alpha value is -2.48. The third-order valence-corrected chi connectivity index (χ3v) is 7.20. The number of hydrogen-bond donors (Lipinski definition) is 1. The van der Waals surface area contributed by atoms with Crippen LogP contribution in [0.1, 0.15) is 78.5 Å². The number of carbonyl (C=O) groups is 2. The fraction of sp³-hybridized carbons (Fsp3) is 0.724. The summed E-state index contributed by atoms with van der Waals surface area (Å²) in [4.78, 5) is 28.4. The Bertz CT molecular complexity index is 954. The summed E-state index contributed by atoms with van der Waals surface area (Å²) in [6.07, 6.45) is 1.74. The molecule has 0 unspecified atom stereocenters. The van der Waals surface area contributed by atoms with Crippen LogP contribution in [0.5, 0.6) is 11.5 Å². The van der Waals surface area contributed by atoms with Gasteiger partial charge in [0.15, 0.2) is 11.5 Å². The molecule has 4 atom stereocenters. The van der Waals surface area contributed by atoms with Crippen LogP contribution in [-0.2, 0) is 20.7 Å². The maximum atomic E-state index is 13.4. The van der Waals surface area contributed by atoms with Gasteiger partial charge < -0.3 is 24.3 Å². The van der Waals surface area contributed by atoms with E-state index in [0.29, 0.717) is 18.1 Å². The Morgan fingerprint density at radius 3 is 2.30 bits per heavy atom. The number of hydrogen-bond acceptors (Lipinski definition) is 7. The molecule has 0 bridgehead atoms. The summed E-state index contributed by atoms with van der Waals surface area (Å²) >= 11 is 0. The minimum Gasteiger partial charge on any atom is -0.493 e. The molecule has 8 heteroatoms. The molecule has 37 heavy (non-hydrogen) atoms. The van der Waals surface area contributed by atoms with E-state index < -0.39 is 23.7 Å². The van der Waals surface area contributed by atoms with E-state index >= 15 is 0 Å². The fourth-order valence-corrected chi connectivity index (χ4v) is 5.54. The highest BCUT2D eigenvalue weighted by Gasteiger charge is 2.42. The summed E-state index contributed by atoms with van der Waals surface area (Å²) in [6.45, 7) is 15.4. The number of methoxy groups -OCH3 is 2. The van der Waals surface area contributed by atoms with Crippen molar-refractivity contribution in [2.75, 3.05) is 27.3 Å². The molecule has 0 radical (unpaired) electrons. The number of esters is 1. The maximum Gasteiger partial charge on any atom is 0.408 e. The largest absolute Gasteiger partial charge is 0.493 e. The van der Waals surface area contributed by atoms with Crippen LogP contribution in [0.15, 0.2) is 12.1 Å². The number of piperidine rings is 1. The molecule has 1 amide bonds. The molecule has 1 saturated heterocycles. The zero-order valence-corrected chi connectivity index (χ0v) is 24.1. The fourth-order valence-electron chi connectivity index (χ4n) is 5.54. The first-order chi connectivity index (χ1) is 17.3. The standard InChI is InChI=1S/C29H46N2O6/c1-17(2)12-20-16-31-11-10-19-13-24(34-8)25(35-9)14-21(19)22(31)15-23(20)36-27(32)26(18(3)4)30-28(33)37-29(5,6)7/h13-14,17-18,20,22-23,26H,10-12,15-16H2,1-9H3,(H,30,33)/t20-,22-,23-,26+/m1/s1. The van der Waals surface area contributed by atoms with Crippen molar-refractivity contribution in [3.63, 3.8) is 0 Å². The van der Waals surface area contributed by atoms with Gasteiger partial charge in [0.1, 0.15) is 17.7 Å². The molecular weight excluding hydrogens is 472 g/mol. The number of amides is 1. The van der Waals surface area contributed by atoms with E-state index in [1.807, 2.05) is 13.8 Å². The predicted molar refractivity (Wildman–Crippen MR) is 143 cm³/mol. The second-order valence-electron chi connectivity index (χ2n) is 12.1. The molecule has 2 aliphatic rings. The van der Waals surface area contributed by atoms with Gasteiger partial charge in [0.05, 0.1) is 14.2 Å². The predicted octanol–water partition coefficient (Wildman–Crippen LogP) is 5.13. The Labute approximate surface area is 222 Å². The monoisotopic (exact) mass is 518 g/mol. The lowest BCUT2D eigenvalue weighted by atomic mass is 9.79. The number of nitrogens with zero attached hydrogens (tertiary/aromatic N) is 1. The average Bonchev–Trinajstić information content (AvgIpc) is 2.80. The van der Waals surface area contributed by atoms with Gasteiger partial charge in [-0.25, -0.2) is 9.59 Å². The van der Waals surface area contributed by atoms with Crippen LogP contribution in [-0.4, -0.2) is 62.0 Å². The van der Waals surface area contributed by atoms with Crippen LogP contribution in [0.3, 0.4) is 0 Å². The number of nitrogens with one attached hydrogen (secondary N) is 1. The van der Waals surface area contributed by atoms with Crippen molar-refractivity contribution in [1.82, 2.24) is 10.2 Å². The van der Waals surface area contributed by atoms with Crippen LogP contribution < -0.4 is 14.8 Å². The maximum absolute atomic E-state index is 13.4. The molecule has 1 N–H and O–H groups in total. The number of alkyl carbamates (subject to hydrolysis) is 1. The summed E-state index contributed by atoms with van der Waals surface area (Å²) in [5.41, 5.74) is 1.81. The summed E-state index contributed by atoms with van der Waals surface area (Å²) in [6, 6.07) is 3.50.